The van der Waals surface area contributed by atoms with Gasteiger partial charge in [-0.15, -0.1) is 0 Å². The molecule has 0 fully saturated rings. The van der Waals surface area contributed by atoms with Crippen LogP contribution in [0.3, 0.4) is 0 Å². The number of rotatable bonds is 5. The molecule has 0 spiro atoms. The maximum Gasteiger partial charge on any atom is 0.308 e. The third-order valence-electron chi connectivity index (χ3n) is 3.52. The molecule has 2 rings (SSSR count). The molecule has 0 saturated carbocycles. The van der Waals surface area contributed by atoms with Gasteiger partial charge in [-0.2, -0.15) is 0 Å². The fraction of sp³-hybridized carbons (Fsp3) is 0.714. The van der Waals surface area contributed by atoms with Crippen LogP contribution in [0, 0.1) is 6.92 Å². The third kappa shape index (κ3) is 3.35. The van der Waals surface area contributed by atoms with Gasteiger partial charge in [0.2, 0.25) is 0 Å². The van der Waals surface area contributed by atoms with Crippen LogP contribution in [0.25, 0.3) is 0 Å². The van der Waals surface area contributed by atoms with Crippen LogP contribution in [0.4, 0.5) is 0 Å². The molecule has 0 aliphatic heterocycles. The number of hydrogen-bond donors (Lipinski definition) is 1. The van der Waals surface area contributed by atoms with Crippen LogP contribution in [0.1, 0.15) is 43.4 Å². The fourth-order valence-electron chi connectivity index (χ4n) is 2.67. The molecule has 19 heavy (non-hydrogen) atoms. The Kier molecular flexibility index (Phi) is 4.58. The average Bonchev–Trinajstić information content (AvgIpc) is 2.66. The zero-order valence-corrected chi connectivity index (χ0v) is 11.7. The molecule has 0 amide bonds. The van der Waals surface area contributed by atoms with Gasteiger partial charge >= 0.3 is 5.97 Å². The number of fused-ring (bicyclic) bond motifs is 1. The SMILES string of the molecule is CCOC(=O)CC(O)Cn1c(C)nc2c1CCCC2. The van der Waals surface area contributed by atoms with Crippen molar-refractivity contribution in [1.29, 1.82) is 0 Å². The Bertz CT molecular complexity index is 454. The zero-order chi connectivity index (χ0) is 13.8. The van der Waals surface area contributed by atoms with Crippen LogP contribution >= 0.6 is 0 Å². The van der Waals surface area contributed by atoms with Crippen molar-refractivity contribution in [2.45, 2.75) is 58.6 Å². The smallest absolute Gasteiger partial charge is 0.308 e. The lowest BCUT2D eigenvalue weighted by Gasteiger charge is -2.17. The minimum absolute atomic E-state index is 0.0419. The number of imidazole rings is 1. The number of aliphatic hydroxyl groups is 1. The number of aliphatic hydroxyl groups excluding tert-OH is 1. The Hall–Kier alpha value is -1.36. The highest BCUT2D eigenvalue weighted by atomic mass is 16.5. The first-order valence-electron chi connectivity index (χ1n) is 7.00. The number of carbonyl (C=O) groups excluding carboxylic acids is 1. The number of ether oxygens (including phenoxy) is 1. The summed E-state index contributed by atoms with van der Waals surface area (Å²) in [6, 6.07) is 0. The maximum absolute atomic E-state index is 11.3. The van der Waals surface area contributed by atoms with Crippen molar-refractivity contribution < 1.29 is 14.6 Å². The molecule has 1 aliphatic rings. The Morgan fingerprint density at radius 1 is 1.47 bits per heavy atom. The van der Waals surface area contributed by atoms with Crippen LogP contribution in [0.5, 0.6) is 0 Å². The summed E-state index contributed by atoms with van der Waals surface area (Å²) < 4.78 is 6.90. The van der Waals surface area contributed by atoms with Crippen molar-refractivity contribution >= 4 is 5.97 Å². The number of aryl methyl sites for hydroxylation is 2. The zero-order valence-electron chi connectivity index (χ0n) is 11.7. The second-order valence-corrected chi connectivity index (χ2v) is 5.03. The van der Waals surface area contributed by atoms with E-state index in [2.05, 4.69) is 9.55 Å². The van der Waals surface area contributed by atoms with Crippen LogP contribution in [0.15, 0.2) is 0 Å². The van der Waals surface area contributed by atoms with Crippen molar-refractivity contribution in [3.8, 4) is 0 Å². The minimum atomic E-state index is -0.710. The van der Waals surface area contributed by atoms with E-state index in [0.29, 0.717) is 13.2 Å². The molecule has 1 aliphatic carbocycles. The first kappa shape index (κ1) is 14.1. The molecule has 1 N–H and O–H groups in total. The van der Waals surface area contributed by atoms with Crippen molar-refractivity contribution in [3.05, 3.63) is 17.2 Å². The Morgan fingerprint density at radius 3 is 2.95 bits per heavy atom. The van der Waals surface area contributed by atoms with Gasteiger partial charge in [-0.05, 0) is 39.5 Å². The van der Waals surface area contributed by atoms with Crippen LogP contribution in [-0.4, -0.2) is 33.3 Å². The molecule has 1 unspecified atom stereocenters. The van der Waals surface area contributed by atoms with Gasteiger partial charge in [-0.3, -0.25) is 4.79 Å². The molecule has 0 radical (unpaired) electrons. The number of carbonyl (C=O) groups is 1. The Balaban J connectivity index is 2.02. The van der Waals surface area contributed by atoms with Gasteiger partial charge in [-0.1, -0.05) is 0 Å². The second kappa shape index (κ2) is 6.19. The molecular formula is C14H22N2O3. The summed E-state index contributed by atoms with van der Waals surface area (Å²) in [6.07, 6.45) is 3.73. The number of esters is 1. The van der Waals surface area contributed by atoms with E-state index in [9.17, 15) is 9.90 Å². The molecule has 1 heterocycles. The van der Waals surface area contributed by atoms with Crippen LogP contribution in [0.2, 0.25) is 0 Å². The average molecular weight is 266 g/mol. The fourth-order valence-corrected chi connectivity index (χ4v) is 2.67. The van der Waals surface area contributed by atoms with E-state index in [0.717, 1.165) is 24.4 Å². The summed E-state index contributed by atoms with van der Waals surface area (Å²) in [5, 5.41) is 9.99. The standard InChI is InChI=1S/C14H22N2O3/c1-3-19-14(18)8-11(17)9-16-10(2)15-12-6-4-5-7-13(12)16/h11,17H,3-9H2,1-2H3. The highest BCUT2D eigenvalue weighted by Crippen LogP contribution is 2.22. The molecular weight excluding hydrogens is 244 g/mol. The first-order valence-corrected chi connectivity index (χ1v) is 7.00. The van der Waals surface area contributed by atoms with Gasteiger partial charge in [0.05, 0.1) is 31.4 Å². The van der Waals surface area contributed by atoms with Gasteiger partial charge in [0.1, 0.15) is 5.82 Å². The van der Waals surface area contributed by atoms with E-state index < -0.39 is 6.10 Å². The molecule has 1 aromatic heterocycles. The molecule has 0 saturated heterocycles. The lowest BCUT2D eigenvalue weighted by atomic mass is 10.0. The van der Waals surface area contributed by atoms with Crippen LogP contribution in [-0.2, 0) is 28.9 Å². The quantitative estimate of drug-likeness (QED) is 0.818. The van der Waals surface area contributed by atoms with Gasteiger partial charge in [-0.25, -0.2) is 4.98 Å². The van der Waals surface area contributed by atoms with E-state index in [1.165, 1.54) is 18.5 Å². The molecule has 1 aromatic rings. The molecule has 5 nitrogen and oxygen atoms in total. The Labute approximate surface area is 113 Å². The summed E-state index contributed by atoms with van der Waals surface area (Å²) in [4.78, 5) is 15.9. The van der Waals surface area contributed by atoms with E-state index in [1.54, 1.807) is 6.92 Å². The molecule has 1 atom stereocenters. The predicted octanol–water partition coefficient (Wildman–Crippen LogP) is 1.38. The summed E-state index contributed by atoms with van der Waals surface area (Å²) in [7, 11) is 0. The van der Waals surface area contributed by atoms with Gasteiger partial charge in [0, 0.05) is 5.69 Å². The van der Waals surface area contributed by atoms with E-state index >= 15 is 0 Å². The van der Waals surface area contributed by atoms with Crippen molar-refractivity contribution in [3.63, 3.8) is 0 Å². The maximum atomic E-state index is 11.3. The van der Waals surface area contributed by atoms with E-state index in [4.69, 9.17) is 4.74 Å². The Morgan fingerprint density at radius 2 is 2.21 bits per heavy atom. The number of hydrogen-bond acceptors (Lipinski definition) is 4. The minimum Gasteiger partial charge on any atom is -0.466 e. The predicted molar refractivity (Wildman–Crippen MR) is 70.9 cm³/mol. The summed E-state index contributed by atoms with van der Waals surface area (Å²) in [5.74, 6) is 0.580. The van der Waals surface area contributed by atoms with Crippen molar-refractivity contribution in [2.75, 3.05) is 6.61 Å². The molecule has 0 aromatic carbocycles. The summed E-state index contributed by atoms with van der Waals surface area (Å²) in [6.45, 7) is 4.49. The summed E-state index contributed by atoms with van der Waals surface area (Å²) in [5.41, 5.74) is 2.39. The first-order chi connectivity index (χ1) is 9.11. The van der Waals surface area contributed by atoms with Crippen LogP contribution < -0.4 is 0 Å². The lowest BCUT2D eigenvalue weighted by Crippen LogP contribution is -2.23. The van der Waals surface area contributed by atoms with E-state index in [1.807, 2.05) is 6.92 Å². The third-order valence-corrected chi connectivity index (χ3v) is 3.52. The van der Waals surface area contributed by atoms with Crippen molar-refractivity contribution in [2.24, 2.45) is 0 Å². The number of aromatic nitrogens is 2. The normalized spacial score (nSPS) is 15.9. The molecule has 106 valence electrons. The summed E-state index contributed by atoms with van der Waals surface area (Å²) >= 11 is 0. The molecule has 0 bridgehead atoms. The highest BCUT2D eigenvalue weighted by Gasteiger charge is 2.20. The largest absolute Gasteiger partial charge is 0.466 e. The van der Waals surface area contributed by atoms with E-state index in [-0.39, 0.29) is 12.4 Å². The van der Waals surface area contributed by atoms with Crippen molar-refractivity contribution in [1.82, 2.24) is 9.55 Å². The monoisotopic (exact) mass is 266 g/mol. The topological polar surface area (TPSA) is 64.3 Å². The van der Waals surface area contributed by atoms with Gasteiger partial charge in [0.15, 0.2) is 0 Å². The molecule has 5 heteroatoms. The van der Waals surface area contributed by atoms with Gasteiger partial charge in [0.25, 0.3) is 0 Å². The van der Waals surface area contributed by atoms with Gasteiger partial charge < -0.3 is 14.4 Å². The highest BCUT2D eigenvalue weighted by molar-refractivity contribution is 5.69. The second-order valence-electron chi connectivity index (χ2n) is 5.03. The number of nitrogens with zero attached hydrogens (tertiary/aromatic N) is 2. The lowest BCUT2D eigenvalue weighted by molar-refractivity contribution is -0.145.